The zero-order chi connectivity index (χ0) is 15.0. The summed E-state index contributed by atoms with van der Waals surface area (Å²) in [4.78, 5) is 36.7. The first-order valence-electron chi connectivity index (χ1n) is 6.27. The number of benzene rings is 1. The Morgan fingerprint density at radius 1 is 1.00 bits per heavy atom. The van der Waals surface area contributed by atoms with Gasteiger partial charge in [0, 0.05) is 17.5 Å². The van der Waals surface area contributed by atoms with Gasteiger partial charge in [0.15, 0.2) is 5.78 Å². The summed E-state index contributed by atoms with van der Waals surface area (Å²) in [5.41, 5.74) is 0.348. The van der Waals surface area contributed by atoms with Crippen LogP contribution in [0, 0.1) is 0 Å². The Kier molecular flexibility index (Phi) is 3.27. The molecule has 0 fully saturated rings. The minimum atomic E-state index is -0.809. The number of thiophene rings is 1. The predicted octanol–water partition coefficient (Wildman–Crippen LogP) is 3.06. The molecule has 3 rings (SSSR count). The maximum absolute atomic E-state index is 12.1. The summed E-state index contributed by atoms with van der Waals surface area (Å²) in [6.45, 7) is 0. The number of carbonyl (C=O) groups is 3. The molecule has 104 valence electrons. The second-order valence-electron chi connectivity index (χ2n) is 4.61. The molecule has 1 aliphatic carbocycles. The highest BCUT2D eigenvalue weighted by Crippen LogP contribution is 2.30. The molecule has 1 aromatic heterocycles. The van der Waals surface area contributed by atoms with Gasteiger partial charge in [-0.1, -0.05) is 30.3 Å². The van der Waals surface area contributed by atoms with Gasteiger partial charge >= 0.3 is 0 Å². The fourth-order valence-electron chi connectivity index (χ4n) is 2.27. The van der Waals surface area contributed by atoms with E-state index in [-0.39, 0.29) is 29.1 Å². The van der Waals surface area contributed by atoms with Crippen LogP contribution in [0.1, 0.15) is 32.0 Å². The van der Waals surface area contributed by atoms with Crippen LogP contribution < -0.4 is 0 Å². The average molecular weight is 298 g/mol. The van der Waals surface area contributed by atoms with E-state index in [2.05, 4.69) is 0 Å². The third-order valence-electron chi connectivity index (χ3n) is 3.33. The Morgan fingerprint density at radius 2 is 1.71 bits per heavy atom. The maximum atomic E-state index is 12.1. The lowest BCUT2D eigenvalue weighted by Crippen LogP contribution is -2.25. The van der Waals surface area contributed by atoms with Gasteiger partial charge < -0.3 is 5.11 Å². The van der Waals surface area contributed by atoms with E-state index in [1.54, 1.807) is 35.7 Å². The zero-order valence-corrected chi connectivity index (χ0v) is 11.6. The lowest BCUT2D eigenvalue weighted by atomic mass is 9.86. The molecule has 0 atom stereocenters. The molecule has 21 heavy (non-hydrogen) atoms. The Bertz CT molecular complexity index is 784. The maximum Gasteiger partial charge on any atom is 0.234 e. The van der Waals surface area contributed by atoms with E-state index in [0.717, 1.165) is 0 Å². The zero-order valence-electron chi connectivity index (χ0n) is 10.8. The molecule has 0 unspecified atom stereocenters. The molecule has 0 spiro atoms. The van der Waals surface area contributed by atoms with Gasteiger partial charge in [-0.15, -0.1) is 11.3 Å². The minimum Gasteiger partial charge on any atom is -0.507 e. The molecule has 1 aromatic carbocycles. The summed E-state index contributed by atoms with van der Waals surface area (Å²) in [5.74, 6) is -2.05. The molecule has 0 saturated heterocycles. The first kappa shape index (κ1) is 13.5. The first-order valence-corrected chi connectivity index (χ1v) is 7.15. The third kappa shape index (κ3) is 2.21. The topological polar surface area (TPSA) is 71.4 Å². The number of allylic oxidation sites excluding steroid dienone is 1. The summed E-state index contributed by atoms with van der Waals surface area (Å²) in [5, 5.41) is 12.0. The average Bonchev–Trinajstić information content (AvgIpc) is 3.03. The van der Waals surface area contributed by atoms with Gasteiger partial charge in [-0.2, -0.15) is 0 Å². The van der Waals surface area contributed by atoms with Crippen molar-refractivity contribution < 1.29 is 19.5 Å². The van der Waals surface area contributed by atoms with E-state index in [1.807, 2.05) is 0 Å². The molecule has 2 aromatic rings. The number of fused-ring (bicyclic) bond motifs is 1. The second kappa shape index (κ2) is 5.10. The SMILES string of the molecule is O=C1C(=O)c2ccccc2C(O)=C1CC(=O)c1cccs1. The van der Waals surface area contributed by atoms with Crippen molar-refractivity contribution in [1.29, 1.82) is 0 Å². The molecule has 0 bridgehead atoms. The normalized spacial score (nSPS) is 14.3. The van der Waals surface area contributed by atoms with Crippen molar-refractivity contribution in [3.63, 3.8) is 0 Å². The van der Waals surface area contributed by atoms with Crippen molar-refractivity contribution >= 4 is 34.4 Å². The van der Waals surface area contributed by atoms with Crippen LogP contribution >= 0.6 is 11.3 Å². The lowest BCUT2D eigenvalue weighted by Gasteiger charge is -2.17. The van der Waals surface area contributed by atoms with Crippen molar-refractivity contribution in [3.05, 3.63) is 63.4 Å². The molecule has 1 N–H and O–H groups in total. The molecule has 1 aliphatic rings. The smallest absolute Gasteiger partial charge is 0.234 e. The summed E-state index contributed by atoms with van der Waals surface area (Å²) in [7, 11) is 0. The van der Waals surface area contributed by atoms with Crippen LogP contribution in [0.4, 0.5) is 0 Å². The Hall–Kier alpha value is -2.53. The second-order valence-corrected chi connectivity index (χ2v) is 5.56. The Labute approximate surface area is 124 Å². The summed E-state index contributed by atoms with van der Waals surface area (Å²) >= 11 is 1.26. The molecular weight excluding hydrogens is 288 g/mol. The number of ketones is 3. The molecule has 4 nitrogen and oxygen atoms in total. The summed E-state index contributed by atoms with van der Waals surface area (Å²) in [6.07, 6.45) is -0.273. The molecule has 0 amide bonds. The largest absolute Gasteiger partial charge is 0.507 e. The van der Waals surface area contributed by atoms with Gasteiger partial charge in [-0.3, -0.25) is 14.4 Å². The van der Waals surface area contributed by atoms with E-state index >= 15 is 0 Å². The molecule has 5 heteroatoms. The highest BCUT2D eigenvalue weighted by Gasteiger charge is 2.33. The fourth-order valence-corrected chi connectivity index (χ4v) is 2.93. The van der Waals surface area contributed by atoms with Crippen LogP contribution in [-0.4, -0.2) is 22.5 Å². The van der Waals surface area contributed by atoms with E-state index in [9.17, 15) is 19.5 Å². The van der Waals surface area contributed by atoms with Crippen molar-refractivity contribution in [1.82, 2.24) is 0 Å². The van der Waals surface area contributed by atoms with Crippen molar-refractivity contribution in [3.8, 4) is 0 Å². The van der Waals surface area contributed by atoms with Crippen molar-refractivity contribution in [2.75, 3.05) is 0 Å². The van der Waals surface area contributed by atoms with Gasteiger partial charge in [-0.05, 0) is 11.4 Å². The molecular formula is C16H10O4S. The van der Waals surface area contributed by atoms with Gasteiger partial charge in [0.05, 0.1) is 10.5 Å². The lowest BCUT2D eigenvalue weighted by molar-refractivity contribution is -0.112. The third-order valence-corrected chi connectivity index (χ3v) is 4.24. The number of hydrogen-bond donors (Lipinski definition) is 1. The van der Waals surface area contributed by atoms with Crippen LogP contribution in [-0.2, 0) is 4.79 Å². The van der Waals surface area contributed by atoms with Crippen molar-refractivity contribution in [2.45, 2.75) is 6.42 Å². The minimum absolute atomic E-state index is 0.128. The first-order chi connectivity index (χ1) is 10.1. The number of Topliss-reactive ketones (excluding diaryl/α,β-unsaturated/α-hetero) is 3. The van der Waals surface area contributed by atoms with Crippen LogP contribution in [0.3, 0.4) is 0 Å². The summed E-state index contributed by atoms with van der Waals surface area (Å²) in [6, 6.07) is 9.72. The Morgan fingerprint density at radius 3 is 2.38 bits per heavy atom. The Balaban J connectivity index is 2.03. The van der Waals surface area contributed by atoms with Crippen LogP contribution in [0.15, 0.2) is 47.4 Å². The van der Waals surface area contributed by atoms with Gasteiger partial charge in [0.25, 0.3) is 0 Å². The standard InChI is InChI=1S/C16H10O4S/c17-12(13-6-3-7-21-13)8-11-14(18)9-4-1-2-5-10(9)15(19)16(11)20/h1-7,18H,8H2. The van der Waals surface area contributed by atoms with Crippen molar-refractivity contribution in [2.24, 2.45) is 0 Å². The fraction of sp³-hybridized carbons (Fsp3) is 0.0625. The molecule has 0 radical (unpaired) electrons. The number of carbonyl (C=O) groups excluding carboxylic acids is 3. The summed E-state index contributed by atoms with van der Waals surface area (Å²) < 4.78 is 0. The van der Waals surface area contributed by atoms with Crippen LogP contribution in [0.25, 0.3) is 5.76 Å². The predicted molar refractivity (Wildman–Crippen MR) is 78.6 cm³/mol. The van der Waals surface area contributed by atoms with E-state index in [1.165, 1.54) is 17.4 Å². The molecule has 1 heterocycles. The number of aliphatic hydroxyl groups is 1. The highest BCUT2D eigenvalue weighted by atomic mass is 32.1. The van der Waals surface area contributed by atoms with Gasteiger partial charge in [-0.25, -0.2) is 0 Å². The monoisotopic (exact) mass is 298 g/mol. The molecule has 0 saturated carbocycles. The number of hydrogen-bond acceptors (Lipinski definition) is 5. The van der Waals surface area contributed by atoms with E-state index in [4.69, 9.17) is 0 Å². The van der Waals surface area contributed by atoms with E-state index in [0.29, 0.717) is 10.4 Å². The number of rotatable bonds is 3. The van der Waals surface area contributed by atoms with Crippen LogP contribution in [0.2, 0.25) is 0 Å². The van der Waals surface area contributed by atoms with E-state index < -0.39 is 11.6 Å². The highest BCUT2D eigenvalue weighted by molar-refractivity contribution is 7.12. The van der Waals surface area contributed by atoms with Gasteiger partial charge in [0.1, 0.15) is 5.76 Å². The quantitative estimate of drug-likeness (QED) is 0.698. The van der Waals surface area contributed by atoms with Crippen LogP contribution in [0.5, 0.6) is 0 Å². The molecule has 0 aliphatic heterocycles. The van der Waals surface area contributed by atoms with Gasteiger partial charge in [0.2, 0.25) is 11.6 Å². The number of aliphatic hydroxyl groups excluding tert-OH is 1.